The molecule has 0 unspecified atom stereocenters. The zero-order chi connectivity index (χ0) is 19.6. The van der Waals surface area contributed by atoms with Crippen LogP contribution >= 0.6 is 12.2 Å². The Bertz CT molecular complexity index is 541. The van der Waals surface area contributed by atoms with Gasteiger partial charge in [0.05, 0.1) is 0 Å². The number of nitrogens with zero attached hydrogens (tertiary/aromatic N) is 1. The number of pyridine rings is 1. The molecule has 1 aromatic heterocycles. The van der Waals surface area contributed by atoms with Gasteiger partial charge in [0, 0.05) is 12.6 Å². The molecule has 0 spiro atoms. The molecule has 0 bridgehead atoms. The second kappa shape index (κ2) is 17.0. The summed E-state index contributed by atoms with van der Waals surface area (Å²) in [6.45, 7) is 2.27. The molecule has 0 aliphatic heterocycles. The van der Waals surface area contributed by atoms with Crippen molar-refractivity contribution < 1.29 is 9.63 Å². The number of aromatic nitrogens is 1. The van der Waals surface area contributed by atoms with Crippen molar-refractivity contribution >= 4 is 18.2 Å². The van der Waals surface area contributed by atoms with Crippen LogP contribution in [0.15, 0.2) is 24.4 Å². The summed E-state index contributed by atoms with van der Waals surface area (Å²) in [4.78, 5) is 17.0. The number of rotatable bonds is 17. The molecule has 27 heavy (non-hydrogen) atoms. The van der Waals surface area contributed by atoms with E-state index in [0.29, 0.717) is 11.1 Å². The Labute approximate surface area is 171 Å². The van der Waals surface area contributed by atoms with Crippen LogP contribution in [0.1, 0.15) is 110 Å². The van der Waals surface area contributed by atoms with Crippen molar-refractivity contribution in [1.82, 2.24) is 4.73 Å². The molecule has 0 aliphatic rings. The fraction of sp³-hybridized carbons (Fsp3) is 0.739. The molecule has 0 atom stereocenters. The Kier molecular flexibility index (Phi) is 15.0. The molecule has 4 heteroatoms. The van der Waals surface area contributed by atoms with Crippen LogP contribution in [0, 0.1) is 4.64 Å². The summed E-state index contributed by atoms with van der Waals surface area (Å²) in [5, 5.41) is 0. The minimum atomic E-state index is -0.202. The fourth-order valence-corrected chi connectivity index (χ4v) is 3.46. The zero-order valence-electron chi connectivity index (χ0n) is 17.3. The molecule has 0 aromatic carbocycles. The maximum Gasteiger partial charge on any atom is 0.332 e. The molecule has 0 radical (unpaired) electrons. The van der Waals surface area contributed by atoms with Gasteiger partial charge in [0.2, 0.25) is 0 Å². The highest BCUT2D eigenvalue weighted by atomic mass is 32.1. The van der Waals surface area contributed by atoms with E-state index >= 15 is 0 Å². The molecule has 0 fully saturated rings. The summed E-state index contributed by atoms with van der Waals surface area (Å²) in [6, 6.07) is 5.38. The predicted molar refractivity (Wildman–Crippen MR) is 116 cm³/mol. The van der Waals surface area contributed by atoms with Crippen molar-refractivity contribution in [2.45, 2.75) is 110 Å². The van der Waals surface area contributed by atoms with Gasteiger partial charge in [-0.2, -0.15) is 4.73 Å². The Balaban J connectivity index is 1.83. The van der Waals surface area contributed by atoms with Crippen LogP contribution in [0.4, 0.5) is 0 Å². The number of carbonyl (C=O) groups is 1. The van der Waals surface area contributed by atoms with E-state index in [1.807, 2.05) is 6.07 Å². The number of unbranched alkanes of at least 4 members (excludes halogenated alkanes) is 14. The highest BCUT2D eigenvalue weighted by Crippen LogP contribution is 2.13. The van der Waals surface area contributed by atoms with Crippen molar-refractivity contribution in [3.05, 3.63) is 29.0 Å². The topological polar surface area (TPSA) is 31.2 Å². The van der Waals surface area contributed by atoms with Gasteiger partial charge in [0.1, 0.15) is 4.64 Å². The Morgan fingerprint density at radius 1 is 0.815 bits per heavy atom. The van der Waals surface area contributed by atoms with Crippen molar-refractivity contribution in [3.8, 4) is 0 Å². The molecular weight excluding hydrogens is 354 g/mol. The van der Waals surface area contributed by atoms with Crippen molar-refractivity contribution in [2.75, 3.05) is 0 Å². The van der Waals surface area contributed by atoms with Gasteiger partial charge in [0.15, 0.2) is 0 Å². The monoisotopic (exact) mass is 393 g/mol. The quantitative estimate of drug-likeness (QED) is 0.204. The Morgan fingerprint density at radius 3 is 1.78 bits per heavy atom. The first-order valence-electron chi connectivity index (χ1n) is 11.1. The predicted octanol–water partition coefficient (Wildman–Crippen LogP) is 7.43. The van der Waals surface area contributed by atoms with E-state index in [1.54, 1.807) is 18.3 Å². The van der Waals surface area contributed by atoms with Crippen LogP contribution in [-0.4, -0.2) is 10.7 Å². The van der Waals surface area contributed by atoms with E-state index in [-0.39, 0.29) is 5.97 Å². The fourth-order valence-electron chi connectivity index (χ4n) is 3.28. The highest BCUT2D eigenvalue weighted by Gasteiger charge is 2.04. The van der Waals surface area contributed by atoms with Crippen molar-refractivity contribution in [2.24, 2.45) is 0 Å². The lowest BCUT2D eigenvalue weighted by Crippen LogP contribution is -2.19. The van der Waals surface area contributed by atoms with Gasteiger partial charge >= 0.3 is 5.97 Å². The zero-order valence-corrected chi connectivity index (χ0v) is 18.1. The number of hydrogen-bond acceptors (Lipinski definition) is 3. The van der Waals surface area contributed by atoms with Gasteiger partial charge in [-0.3, -0.25) is 0 Å². The molecular formula is C23H39NO2S. The molecule has 154 valence electrons. The molecule has 1 aromatic rings. The normalized spacial score (nSPS) is 10.9. The van der Waals surface area contributed by atoms with Crippen LogP contribution in [-0.2, 0) is 4.79 Å². The van der Waals surface area contributed by atoms with Crippen LogP contribution in [0.2, 0.25) is 0 Å². The van der Waals surface area contributed by atoms with Gasteiger partial charge < -0.3 is 4.84 Å². The third-order valence-corrected chi connectivity index (χ3v) is 5.29. The van der Waals surface area contributed by atoms with Gasteiger partial charge in [-0.25, -0.2) is 4.79 Å². The summed E-state index contributed by atoms with van der Waals surface area (Å²) in [5.41, 5.74) is 0. The lowest BCUT2D eigenvalue weighted by molar-refractivity contribution is -0.144. The summed E-state index contributed by atoms with van der Waals surface area (Å²) in [6.07, 6.45) is 22.0. The van der Waals surface area contributed by atoms with E-state index in [2.05, 4.69) is 6.92 Å². The van der Waals surface area contributed by atoms with Crippen LogP contribution in [0.3, 0.4) is 0 Å². The standard InChI is InChI=1S/C23H39NO2S/c1-2-3-4-5-6-7-8-9-10-11-12-13-14-15-16-20-23(25)26-24-21-18-17-19-22(24)27/h17-19,21H,2-16,20H2,1H3. The number of carbonyl (C=O) groups excluding carboxylic acids is 1. The first kappa shape index (κ1) is 23.9. The van der Waals surface area contributed by atoms with Crippen LogP contribution < -0.4 is 4.84 Å². The molecule has 0 amide bonds. The lowest BCUT2D eigenvalue weighted by atomic mass is 10.0. The summed E-state index contributed by atoms with van der Waals surface area (Å²) < 4.78 is 1.88. The largest absolute Gasteiger partial charge is 0.336 e. The van der Waals surface area contributed by atoms with Gasteiger partial charge in [-0.05, 0) is 18.6 Å². The minimum Gasteiger partial charge on any atom is -0.336 e. The smallest absolute Gasteiger partial charge is 0.332 e. The average Bonchev–Trinajstić information content (AvgIpc) is 2.66. The van der Waals surface area contributed by atoms with Gasteiger partial charge in [-0.15, -0.1) is 0 Å². The third-order valence-electron chi connectivity index (χ3n) is 4.97. The second-order valence-electron chi connectivity index (χ2n) is 7.53. The molecule has 0 N–H and O–H groups in total. The maximum atomic E-state index is 11.8. The molecule has 0 aliphatic carbocycles. The van der Waals surface area contributed by atoms with Crippen LogP contribution in [0.5, 0.6) is 0 Å². The van der Waals surface area contributed by atoms with E-state index in [1.165, 1.54) is 88.2 Å². The lowest BCUT2D eigenvalue weighted by Gasteiger charge is -2.06. The molecule has 3 nitrogen and oxygen atoms in total. The molecule has 1 heterocycles. The maximum absolute atomic E-state index is 11.8. The van der Waals surface area contributed by atoms with Gasteiger partial charge in [-0.1, -0.05) is 115 Å². The van der Waals surface area contributed by atoms with Crippen LogP contribution in [0.25, 0.3) is 0 Å². The highest BCUT2D eigenvalue weighted by molar-refractivity contribution is 7.71. The SMILES string of the molecule is CCCCCCCCCCCCCCCCCC(=O)On1ccccc1=S. The molecule has 0 saturated carbocycles. The number of hydrogen-bond donors (Lipinski definition) is 0. The molecule has 1 rings (SSSR count). The summed E-state index contributed by atoms with van der Waals surface area (Å²) in [5.74, 6) is -0.202. The van der Waals surface area contributed by atoms with E-state index in [0.717, 1.165) is 12.8 Å². The molecule has 0 saturated heterocycles. The van der Waals surface area contributed by atoms with Crippen molar-refractivity contribution in [1.29, 1.82) is 0 Å². The van der Waals surface area contributed by atoms with E-state index < -0.39 is 0 Å². The Hall–Kier alpha value is -1.16. The second-order valence-corrected chi connectivity index (χ2v) is 7.95. The van der Waals surface area contributed by atoms with E-state index in [4.69, 9.17) is 17.1 Å². The Morgan fingerprint density at radius 2 is 1.30 bits per heavy atom. The average molecular weight is 394 g/mol. The minimum absolute atomic E-state index is 0.202. The first-order chi connectivity index (χ1) is 13.2. The third kappa shape index (κ3) is 13.6. The summed E-state index contributed by atoms with van der Waals surface area (Å²) >= 11 is 5.11. The van der Waals surface area contributed by atoms with E-state index in [9.17, 15) is 4.79 Å². The first-order valence-corrected chi connectivity index (χ1v) is 11.5. The van der Waals surface area contributed by atoms with Gasteiger partial charge in [0.25, 0.3) is 0 Å². The summed E-state index contributed by atoms with van der Waals surface area (Å²) in [7, 11) is 0. The van der Waals surface area contributed by atoms with Crippen molar-refractivity contribution in [3.63, 3.8) is 0 Å².